The topological polar surface area (TPSA) is 84.9 Å². The zero-order valence-electron chi connectivity index (χ0n) is 14.2. The lowest BCUT2D eigenvalue weighted by atomic mass is 10.2. The number of carbonyl (C=O) groups excluding carboxylic acids is 1. The quantitative estimate of drug-likeness (QED) is 0.792. The molecule has 1 N–H and O–H groups in total. The molecule has 0 aromatic heterocycles. The highest BCUT2D eigenvalue weighted by Crippen LogP contribution is 2.21. The molecule has 2 rings (SSSR count). The van der Waals surface area contributed by atoms with Crippen molar-refractivity contribution in [1.29, 1.82) is 0 Å². The summed E-state index contributed by atoms with van der Waals surface area (Å²) in [5.41, 5.74) is 0.528. The van der Waals surface area contributed by atoms with Crippen molar-refractivity contribution in [1.82, 2.24) is 5.32 Å². The van der Waals surface area contributed by atoms with Gasteiger partial charge in [0.25, 0.3) is 5.91 Å². The van der Waals surface area contributed by atoms with Crippen LogP contribution in [0.15, 0.2) is 24.3 Å². The smallest absolute Gasteiger partial charge is 0.260 e. The Bertz CT molecular complexity index is 654. The third-order valence-electron chi connectivity index (χ3n) is 3.91. The van der Waals surface area contributed by atoms with Crippen LogP contribution in [0.25, 0.3) is 0 Å². The minimum Gasteiger partial charge on any atom is -0.481 e. The molecule has 1 heterocycles. The Kier molecular flexibility index (Phi) is 6.06. The normalized spacial score (nSPS) is 18.9. The van der Waals surface area contributed by atoms with Crippen LogP contribution in [-0.2, 0) is 19.6 Å². The number of sulfonamides is 1. The fourth-order valence-electron chi connectivity index (χ4n) is 2.35. The van der Waals surface area contributed by atoms with Gasteiger partial charge in [-0.2, -0.15) is 0 Å². The van der Waals surface area contributed by atoms with Gasteiger partial charge in [-0.15, -0.1) is 0 Å². The van der Waals surface area contributed by atoms with Gasteiger partial charge in [0.15, 0.2) is 6.10 Å². The number of anilines is 1. The first-order chi connectivity index (χ1) is 11.3. The van der Waals surface area contributed by atoms with E-state index in [9.17, 15) is 13.2 Å². The summed E-state index contributed by atoms with van der Waals surface area (Å²) in [5, 5.41) is 2.82. The monoisotopic (exact) mass is 356 g/mol. The molecule has 134 valence electrons. The number of ether oxygens (including phenoxy) is 2. The molecule has 8 heteroatoms. The molecule has 0 aliphatic carbocycles. The maximum Gasteiger partial charge on any atom is 0.260 e. The third-order valence-corrected chi connectivity index (χ3v) is 5.11. The molecule has 1 saturated heterocycles. The van der Waals surface area contributed by atoms with E-state index in [0.717, 1.165) is 25.7 Å². The second-order valence-electron chi connectivity index (χ2n) is 5.86. The molecule has 2 atom stereocenters. The second kappa shape index (κ2) is 7.85. The van der Waals surface area contributed by atoms with Crippen LogP contribution in [0, 0.1) is 0 Å². The summed E-state index contributed by atoms with van der Waals surface area (Å²) in [6.45, 7) is 2.91. The number of hydrogen-bond donors (Lipinski definition) is 1. The van der Waals surface area contributed by atoms with Gasteiger partial charge in [-0.3, -0.25) is 9.10 Å². The van der Waals surface area contributed by atoms with Crippen LogP contribution in [0.2, 0.25) is 0 Å². The summed E-state index contributed by atoms with van der Waals surface area (Å²) >= 11 is 0. The Balaban J connectivity index is 1.86. The lowest BCUT2D eigenvalue weighted by molar-refractivity contribution is -0.127. The van der Waals surface area contributed by atoms with Gasteiger partial charge in [0.2, 0.25) is 10.0 Å². The molecule has 1 aromatic carbocycles. The Hall–Kier alpha value is -1.80. The molecule has 0 radical (unpaired) electrons. The number of carbonyl (C=O) groups is 1. The number of benzene rings is 1. The average Bonchev–Trinajstić information content (AvgIpc) is 3.05. The first-order valence-electron chi connectivity index (χ1n) is 7.87. The Labute approximate surface area is 143 Å². The minimum atomic E-state index is -3.30. The van der Waals surface area contributed by atoms with Gasteiger partial charge in [-0.05, 0) is 44.0 Å². The third kappa shape index (κ3) is 5.10. The first-order valence-corrected chi connectivity index (χ1v) is 9.72. The molecule has 7 nitrogen and oxygen atoms in total. The van der Waals surface area contributed by atoms with Crippen LogP contribution >= 0.6 is 0 Å². The number of nitrogens with zero attached hydrogens (tertiary/aromatic N) is 1. The summed E-state index contributed by atoms with van der Waals surface area (Å²) in [7, 11) is -1.83. The van der Waals surface area contributed by atoms with Gasteiger partial charge in [0.1, 0.15) is 5.75 Å². The number of rotatable bonds is 7. The lowest BCUT2D eigenvalue weighted by Gasteiger charge is -2.19. The highest BCUT2D eigenvalue weighted by Gasteiger charge is 2.20. The first kappa shape index (κ1) is 18.5. The molecule has 24 heavy (non-hydrogen) atoms. The Morgan fingerprint density at radius 2 is 2.08 bits per heavy atom. The summed E-state index contributed by atoms with van der Waals surface area (Å²) in [6, 6.07) is 6.54. The molecule has 0 saturated carbocycles. The predicted octanol–water partition coefficient (Wildman–Crippen LogP) is 1.14. The van der Waals surface area contributed by atoms with Crippen LogP contribution in [0.4, 0.5) is 5.69 Å². The van der Waals surface area contributed by atoms with E-state index in [1.54, 1.807) is 31.2 Å². The van der Waals surface area contributed by atoms with Crippen molar-refractivity contribution in [3.8, 4) is 5.75 Å². The summed E-state index contributed by atoms with van der Waals surface area (Å²) in [4.78, 5) is 12.0. The van der Waals surface area contributed by atoms with Crippen LogP contribution in [0.3, 0.4) is 0 Å². The van der Waals surface area contributed by atoms with Gasteiger partial charge in [0.05, 0.1) is 18.0 Å². The van der Waals surface area contributed by atoms with E-state index in [2.05, 4.69) is 5.32 Å². The van der Waals surface area contributed by atoms with E-state index in [1.165, 1.54) is 11.4 Å². The molecule has 1 fully saturated rings. The van der Waals surface area contributed by atoms with E-state index >= 15 is 0 Å². The van der Waals surface area contributed by atoms with Crippen LogP contribution in [0.5, 0.6) is 5.75 Å². The fourth-order valence-corrected chi connectivity index (χ4v) is 2.85. The molecule has 1 aliphatic rings. The van der Waals surface area contributed by atoms with Crippen molar-refractivity contribution >= 4 is 21.6 Å². The predicted molar refractivity (Wildman–Crippen MR) is 91.8 cm³/mol. The van der Waals surface area contributed by atoms with Crippen LogP contribution in [-0.4, -0.2) is 53.0 Å². The SMILES string of the molecule is C[C@@H](Oc1ccc(N(C)S(C)(=O)=O)cc1)C(=O)NC[C@@H]1CCCO1. The lowest BCUT2D eigenvalue weighted by Crippen LogP contribution is -2.40. The molecule has 0 unspecified atom stereocenters. The van der Waals surface area contributed by atoms with Crippen molar-refractivity contribution in [3.63, 3.8) is 0 Å². The number of hydrogen-bond acceptors (Lipinski definition) is 5. The summed E-state index contributed by atoms with van der Waals surface area (Å²) in [5.74, 6) is 0.295. The Morgan fingerprint density at radius 3 is 2.62 bits per heavy atom. The van der Waals surface area contributed by atoms with E-state index in [4.69, 9.17) is 9.47 Å². The van der Waals surface area contributed by atoms with E-state index in [0.29, 0.717) is 18.0 Å². The molecular formula is C16H24N2O5S. The van der Waals surface area contributed by atoms with Gasteiger partial charge < -0.3 is 14.8 Å². The molecule has 1 aliphatic heterocycles. The van der Waals surface area contributed by atoms with Crippen molar-refractivity contribution in [2.75, 3.05) is 30.8 Å². The van der Waals surface area contributed by atoms with Gasteiger partial charge in [-0.25, -0.2) is 8.42 Å². The summed E-state index contributed by atoms with van der Waals surface area (Å²) < 4.78 is 35.2. The van der Waals surface area contributed by atoms with Crippen LogP contribution < -0.4 is 14.4 Å². The van der Waals surface area contributed by atoms with E-state index in [-0.39, 0.29) is 12.0 Å². The zero-order valence-corrected chi connectivity index (χ0v) is 15.0. The molecule has 0 bridgehead atoms. The molecule has 1 aromatic rings. The highest BCUT2D eigenvalue weighted by molar-refractivity contribution is 7.92. The van der Waals surface area contributed by atoms with E-state index < -0.39 is 16.1 Å². The van der Waals surface area contributed by atoms with Gasteiger partial charge >= 0.3 is 0 Å². The number of amides is 1. The maximum absolute atomic E-state index is 12.0. The maximum atomic E-state index is 12.0. The van der Waals surface area contributed by atoms with Crippen molar-refractivity contribution in [2.45, 2.75) is 32.0 Å². The van der Waals surface area contributed by atoms with Crippen molar-refractivity contribution in [3.05, 3.63) is 24.3 Å². The molecule has 0 spiro atoms. The van der Waals surface area contributed by atoms with E-state index in [1.807, 2.05) is 0 Å². The number of nitrogens with one attached hydrogen (secondary N) is 1. The van der Waals surface area contributed by atoms with Crippen molar-refractivity contribution in [2.24, 2.45) is 0 Å². The van der Waals surface area contributed by atoms with Crippen LogP contribution in [0.1, 0.15) is 19.8 Å². The average molecular weight is 356 g/mol. The standard InChI is InChI=1S/C16H24N2O5S/c1-12(16(19)17-11-15-5-4-10-22-15)23-14-8-6-13(7-9-14)18(2)24(3,20)21/h6-9,12,15H,4-5,10-11H2,1-3H3,(H,17,19)/t12-,15+/m1/s1. The highest BCUT2D eigenvalue weighted by atomic mass is 32.2. The fraction of sp³-hybridized carbons (Fsp3) is 0.562. The zero-order chi connectivity index (χ0) is 17.7. The Morgan fingerprint density at radius 1 is 1.42 bits per heavy atom. The largest absolute Gasteiger partial charge is 0.481 e. The molecule has 1 amide bonds. The van der Waals surface area contributed by atoms with Crippen molar-refractivity contribution < 1.29 is 22.7 Å². The molecular weight excluding hydrogens is 332 g/mol. The minimum absolute atomic E-state index is 0.0898. The summed E-state index contributed by atoms with van der Waals surface area (Å²) in [6.07, 6.45) is 2.57. The second-order valence-corrected chi connectivity index (χ2v) is 7.88. The van der Waals surface area contributed by atoms with Gasteiger partial charge in [0, 0.05) is 20.2 Å². The van der Waals surface area contributed by atoms with Gasteiger partial charge in [-0.1, -0.05) is 0 Å².